The molecule has 1 aliphatic carbocycles. The molecule has 0 bridgehead atoms. The minimum absolute atomic E-state index is 0.0629. The lowest BCUT2D eigenvalue weighted by Crippen LogP contribution is -2.10. The van der Waals surface area contributed by atoms with E-state index in [9.17, 15) is 5.26 Å². The highest BCUT2D eigenvalue weighted by molar-refractivity contribution is 6.03. The van der Waals surface area contributed by atoms with E-state index in [0.717, 1.165) is 16.7 Å². The average molecular weight is 232 g/mol. The molecular formula is C16H12N2. The highest BCUT2D eigenvalue weighted by atomic mass is 14.5. The third kappa shape index (κ3) is 1.45. The van der Waals surface area contributed by atoms with E-state index in [1.165, 1.54) is 0 Å². The van der Waals surface area contributed by atoms with Gasteiger partial charge in [-0.15, -0.1) is 0 Å². The summed E-state index contributed by atoms with van der Waals surface area (Å²) in [6.45, 7) is 0. The molecular weight excluding hydrogens is 220 g/mol. The molecule has 0 heterocycles. The Balaban J connectivity index is 2.18. The van der Waals surface area contributed by atoms with Gasteiger partial charge in [-0.1, -0.05) is 54.6 Å². The Morgan fingerprint density at radius 1 is 0.889 bits per heavy atom. The zero-order chi connectivity index (χ0) is 12.5. The molecule has 0 aliphatic heterocycles. The lowest BCUT2D eigenvalue weighted by Gasteiger charge is -2.12. The Kier molecular flexibility index (Phi) is 2.46. The number of nitrogens with one attached hydrogen (secondary N) is 1. The highest BCUT2D eigenvalue weighted by Gasteiger charge is 2.36. The molecule has 0 amide bonds. The van der Waals surface area contributed by atoms with E-state index in [0.29, 0.717) is 5.71 Å². The molecule has 2 atom stereocenters. The Morgan fingerprint density at radius 3 is 2.17 bits per heavy atom. The molecule has 18 heavy (non-hydrogen) atoms. The molecule has 2 aromatic rings. The maximum Gasteiger partial charge on any atom is 0.110 e. The van der Waals surface area contributed by atoms with Crippen molar-refractivity contribution in [1.82, 2.24) is 0 Å². The monoisotopic (exact) mass is 232 g/mol. The lowest BCUT2D eigenvalue weighted by atomic mass is 9.91. The van der Waals surface area contributed by atoms with Gasteiger partial charge in [-0.2, -0.15) is 5.26 Å². The third-order valence-electron chi connectivity index (χ3n) is 3.50. The van der Waals surface area contributed by atoms with Crippen molar-refractivity contribution in [2.24, 2.45) is 0 Å². The summed E-state index contributed by atoms with van der Waals surface area (Å²) in [6.07, 6.45) is 0. The van der Waals surface area contributed by atoms with Gasteiger partial charge in [-0.05, 0) is 16.7 Å². The number of hydrogen-bond acceptors (Lipinski definition) is 2. The van der Waals surface area contributed by atoms with Gasteiger partial charge in [0.2, 0.25) is 0 Å². The largest absolute Gasteiger partial charge is 0.307 e. The van der Waals surface area contributed by atoms with Gasteiger partial charge >= 0.3 is 0 Å². The summed E-state index contributed by atoms with van der Waals surface area (Å²) in [6, 6.07) is 20.1. The van der Waals surface area contributed by atoms with Crippen LogP contribution in [0.2, 0.25) is 0 Å². The SMILES string of the molecule is N#CC1C(=N)C(c2ccccc2)c2ccccc21. The summed E-state index contributed by atoms with van der Waals surface area (Å²) in [5, 5.41) is 17.5. The molecule has 0 aromatic heterocycles. The smallest absolute Gasteiger partial charge is 0.110 e. The first-order valence-electron chi connectivity index (χ1n) is 5.94. The summed E-state index contributed by atoms with van der Waals surface area (Å²) in [7, 11) is 0. The molecule has 1 N–H and O–H groups in total. The maximum absolute atomic E-state index is 9.26. The highest BCUT2D eigenvalue weighted by Crippen LogP contribution is 2.42. The number of fused-ring (bicyclic) bond motifs is 1. The van der Waals surface area contributed by atoms with Crippen LogP contribution in [0.15, 0.2) is 54.6 Å². The van der Waals surface area contributed by atoms with Crippen molar-refractivity contribution in [2.45, 2.75) is 11.8 Å². The number of benzene rings is 2. The molecule has 0 saturated carbocycles. The second-order valence-corrected chi connectivity index (χ2v) is 4.49. The zero-order valence-corrected chi connectivity index (χ0v) is 9.80. The van der Waals surface area contributed by atoms with Crippen LogP contribution in [0.25, 0.3) is 0 Å². The minimum Gasteiger partial charge on any atom is -0.307 e. The van der Waals surface area contributed by atoms with E-state index < -0.39 is 5.92 Å². The van der Waals surface area contributed by atoms with E-state index in [1.54, 1.807) is 0 Å². The average Bonchev–Trinajstić information content (AvgIpc) is 2.71. The molecule has 2 nitrogen and oxygen atoms in total. The molecule has 3 rings (SSSR count). The molecule has 2 unspecified atom stereocenters. The molecule has 1 aliphatic rings. The van der Waals surface area contributed by atoms with Crippen LogP contribution in [0.5, 0.6) is 0 Å². The first kappa shape index (κ1) is 10.7. The predicted molar refractivity (Wildman–Crippen MR) is 70.8 cm³/mol. The summed E-state index contributed by atoms with van der Waals surface area (Å²) >= 11 is 0. The fourth-order valence-electron chi connectivity index (χ4n) is 2.68. The lowest BCUT2D eigenvalue weighted by molar-refractivity contribution is 1.08. The van der Waals surface area contributed by atoms with Crippen molar-refractivity contribution < 1.29 is 0 Å². The Hall–Kier alpha value is -2.40. The van der Waals surface area contributed by atoms with Crippen LogP contribution in [-0.4, -0.2) is 5.71 Å². The number of nitrogens with zero attached hydrogens (tertiary/aromatic N) is 1. The number of rotatable bonds is 1. The second kappa shape index (κ2) is 4.12. The van der Waals surface area contributed by atoms with Crippen LogP contribution in [0.1, 0.15) is 28.5 Å². The van der Waals surface area contributed by atoms with E-state index >= 15 is 0 Å². The van der Waals surface area contributed by atoms with Crippen LogP contribution >= 0.6 is 0 Å². The van der Waals surface area contributed by atoms with Gasteiger partial charge in [0.25, 0.3) is 0 Å². The van der Waals surface area contributed by atoms with E-state index in [1.807, 2.05) is 54.6 Å². The molecule has 2 heteroatoms. The summed E-state index contributed by atoms with van der Waals surface area (Å²) in [5.41, 5.74) is 3.66. The maximum atomic E-state index is 9.26. The summed E-state index contributed by atoms with van der Waals surface area (Å²) in [4.78, 5) is 0. The topological polar surface area (TPSA) is 47.6 Å². The van der Waals surface area contributed by atoms with Crippen LogP contribution in [0.3, 0.4) is 0 Å². The molecule has 0 radical (unpaired) electrons. The van der Waals surface area contributed by atoms with Gasteiger partial charge in [0.15, 0.2) is 0 Å². The minimum atomic E-state index is -0.397. The standard InChI is InChI=1S/C16H12N2/c17-10-14-12-8-4-5-9-13(12)15(16(14)18)11-6-2-1-3-7-11/h1-9,14-15,18H. The Bertz CT molecular complexity index is 638. The van der Waals surface area contributed by atoms with Crippen LogP contribution in [0, 0.1) is 16.7 Å². The van der Waals surface area contributed by atoms with Gasteiger partial charge < -0.3 is 5.41 Å². The normalized spacial score (nSPS) is 21.4. The van der Waals surface area contributed by atoms with Crippen molar-refractivity contribution in [3.05, 3.63) is 71.3 Å². The van der Waals surface area contributed by atoms with Gasteiger partial charge in [0.1, 0.15) is 5.92 Å². The van der Waals surface area contributed by atoms with Crippen LogP contribution < -0.4 is 0 Å². The molecule has 2 aromatic carbocycles. The van der Waals surface area contributed by atoms with Crippen LogP contribution in [0.4, 0.5) is 0 Å². The number of hydrogen-bond donors (Lipinski definition) is 1. The number of nitriles is 1. The third-order valence-corrected chi connectivity index (χ3v) is 3.50. The second-order valence-electron chi connectivity index (χ2n) is 4.49. The van der Waals surface area contributed by atoms with Gasteiger partial charge in [-0.25, -0.2) is 0 Å². The molecule has 0 spiro atoms. The fraction of sp³-hybridized carbons (Fsp3) is 0.125. The Labute approximate surface area is 106 Å². The van der Waals surface area contributed by atoms with Gasteiger partial charge in [0.05, 0.1) is 6.07 Å². The summed E-state index contributed by atoms with van der Waals surface area (Å²) < 4.78 is 0. The molecule has 0 fully saturated rings. The quantitative estimate of drug-likeness (QED) is 0.804. The van der Waals surface area contributed by atoms with Gasteiger partial charge in [-0.3, -0.25) is 0 Å². The van der Waals surface area contributed by atoms with Gasteiger partial charge in [0, 0.05) is 11.6 Å². The summed E-state index contributed by atoms with van der Waals surface area (Å²) in [5.74, 6) is -0.460. The first-order valence-corrected chi connectivity index (χ1v) is 5.94. The first-order chi connectivity index (χ1) is 8.83. The van der Waals surface area contributed by atoms with E-state index in [-0.39, 0.29) is 5.92 Å². The van der Waals surface area contributed by atoms with E-state index in [2.05, 4.69) is 6.07 Å². The van der Waals surface area contributed by atoms with Crippen LogP contribution in [-0.2, 0) is 0 Å². The van der Waals surface area contributed by atoms with Crippen molar-refractivity contribution >= 4 is 5.71 Å². The van der Waals surface area contributed by atoms with Crippen molar-refractivity contribution in [2.75, 3.05) is 0 Å². The Morgan fingerprint density at radius 2 is 1.50 bits per heavy atom. The van der Waals surface area contributed by atoms with E-state index in [4.69, 9.17) is 5.41 Å². The predicted octanol–water partition coefficient (Wildman–Crippen LogP) is 3.46. The van der Waals surface area contributed by atoms with Crippen molar-refractivity contribution in [3.63, 3.8) is 0 Å². The molecule has 86 valence electrons. The fourth-order valence-corrected chi connectivity index (χ4v) is 2.68. The van der Waals surface area contributed by atoms with Crippen molar-refractivity contribution in [3.8, 4) is 6.07 Å². The zero-order valence-electron chi connectivity index (χ0n) is 9.80. The molecule has 0 saturated heterocycles. The van der Waals surface area contributed by atoms with Crippen molar-refractivity contribution in [1.29, 1.82) is 10.7 Å².